The first-order chi connectivity index (χ1) is 12.1. The summed E-state index contributed by atoms with van der Waals surface area (Å²) in [7, 11) is 1.60. The molecule has 27 heavy (non-hydrogen) atoms. The Morgan fingerprint density at radius 3 is 2.52 bits per heavy atom. The van der Waals surface area contributed by atoms with Gasteiger partial charge in [-0.3, -0.25) is 4.79 Å². The summed E-state index contributed by atoms with van der Waals surface area (Å²) in [5, 5.41) is 7.40. The predicted octanol–water partition coefficient (Wildman–Crippen LogP) is 3.15. The number of nitrogens with zero attached hydrogens (tertiary/aromatic N) is 4. The van der Waals surface area contributed by atoms with Crippen molar-refractivity contribution in [3.63, 3.8) is 0 Å². The summed E-state index contributed by atoms with van der Waals surface area (Å²) in [5.74, 6) is -0.130. The standard InChI is InChI=1S/C17H22F3N5O.ClH/c1-11(2)13(21)8-9-24(3)16(26)14-10-25(23-22-14)15-7-5-4-6-12(15)17(18,19)20;/h4-7,10-11,13H,8-9,21H2,1-3H3;1H. The zero-order chi connectivity index (χ0) is 19.5. The monoisotopic (exact) mass is 405 g/mol. The number of aromatic nitrogens is 3. The van der Waals surface area contributed by atoms with E-state index in [2.05, 4.69) is 10.3 Å². The van der Waals surface area contributed by atoms with Crippen LogP contribution in [0.15, 0.2) is 30.5 Å². The Bertz CT molecular complexity index is 763. The Labute approximate surface area is 161 Å². The molecule has 150 valence electrons. The van der Waals surface area contributed by atoms with Crippen molar-refractivity contribution < 1.29 is 18.0 Å². The highest BCUT2D eigenvalue weighted by Gasteiger charge is 2.34. The Kier molecular flexibility index (Phi) is 7.79. The largest absolute Gasteiger partial charge is 0.418 e. The van der Waals surface area contributed by atoms with Crippen LogP contribution in [0.1, 0.15) is 36.3 Å². The molecule has 0 aliphatic heterocycles. The average Bonchev–Trinajstić information content (AvgIpc) is 3.07. The van der Waals surface area contributed by atoms with E-state index in [1.54, 1.807) is 7.05 Å². The van der Waals surface area contributed by atoms with Gasteiger partial charge in [-0.05, 0) is 24.5 Å². The van der Waals surface area contributed by atoms with Crippen LogP contribution in [-0.4, -0.2) is 45.4 Å². The molecular formula is C17H23ClF3N5O. The average molecular weight is 406 g/mol. The topological polar surface area (TPSA) is 77.0 Å². The first kappa shape index (κ1) is 22.9. The fraction of sp³-hybridized carbons (Fsp3) is 0.471. The predicted molar refractivity (Wildman–Crippen MR) is 98.0 cm³/mol. The number of carbonyl (C=O) groups is 1. The van der Waals surface area contributed by atoms with E-state index in [1.807, 2.05) is 13.8 Å². The van der Waals surface area contributed by atoms with Gasteiger partial charge in [0.15, 0.2) is 5.69 Å². The van der Waals surface area contributed by atoms with E-state index in [0.717, 1.165) is 10.7 Å². The molecule has 0 saturated carbocycles. The second-order valence-electron chi connectivity index (χ2n) is 6.49. The van der Waals surface area contributed by atoms with Crippen LogP contribution in [0, 0.1) is 5.92 Å². The van der Waals surface area contributed by atoms with E-state index in [9.17, 15) is 18.0 Å². The third kappa shape index (κ3) is 5.67. The van der Waals surface area contributed by atoms with Gasteiger partial charge in [0, 0.05) is 19.6 Å². The number of hydrogen-bond acceptors (Lipinski definition) is 4. The van der Waals surface area contributed by atoms with E-state index < -0.39 is 17.6 Å². The molecule has 6 nitrogen and oxygen atoms in total. The lowest BCUT2D eigenvalue weighted by atomic mass is 10.0. The van der Waals surface area contributed by atoms with Gasteiger partial charge >= 0.3 is 6.18 Å². The second-order valence-corrected chi connectivity index (χ2v) is 6.49. The summed E-state index contributed by atoms with van der Waals surface area (Å²) in [6, 6.07) is 4.95. The first-order valence-corrected chi connectivity index (χ1v) is 8.21. The van der Waals surface area contributed by atoms with E-state index in [0.29, 0.717) is 18.9 Å². The Hall–Kier alpha value is -2.13. The van der Waals surface area contributed by atoms with Gasteiger partial charge in [-0.1, -0.05) is 31.2 Å². The molecule has 2 rings (SSSR count). The molecular weight excluding hydrogens is 383 g/mol. The molecule has 1 atom stereocenters. The molecule has 0 bridgehead atoms. The normalized spacial score (nSPS) is 12.6. The van der Waals surface area contributed by atoms with Crippen molar-refractivity contribution in [2.75, 3.05) is 13.6 Å². The summed E-state index contributed by atoms with van der Waals surface area (Å²) < 4.78 is 40.3. The molecule has 0 spiro atoms. The van der Waals surface area contributed by atoms with E-state index in [-0.39, 0.29) is 29.8 Å². The molecule has 2 aromatic rings. The molecule has 0 radical (unpaired) electrons. The number of halogens is 4. The molecule has 2 N–H and O–H groups in total. The van der Waals surface area contributed by atoms with Crippen LogP contribution in [0.3, 0.4) is 0 Å². The minimum absolute atomic E-state index is 0. The minimum Gasteiger partial charge on any atom is -0.340 e. The lowest BCUT2D eigenvalue weighted by molar-refractivity contribution is -0.137. The van der Waals surface area contributed by atoms with Crippen molar-refractivity contribution in [1.29, 1.82) is 0 Å². The van der Waals surface area contributed by atoms with Crippen molar-refractivity contribution >= 4 is 18.3 Å². The number of benzene rings is 1. The van der Waals surface area contributed by atoms with Gasteiger partial charge in [0.05, 0.1) is 17.4 Å². The van der Waals surface area contributed by atoms with Crippen LogP contribution in [-0.2, 0) is 6.18 Å². The highest BCUT2D eigenvalue weighted by Crippen LogP contribution is 2.33. The van der Waals surface area contributed by atoms with Gasteiger partial charge in [0.2, 0.25) is 0 Å². The second kappa shape index (κ2) is 9.18. The van der Waals surface area contributed by atoms with E-state index in [4.69, 9.17) is 5.73 Å². The molecule has 0 aliphatic carbocycles. The summed E-state index contributed by atoms with van der Waals surface area (Å²) in [4.78, 5) is 13.8. The number of nitrogens with two attached hydrogens (primary N) is 1. The van der Waals surface area contributed by atoms with Gasteiger partial charge < -0.3 is 10.6 Å². The first-order valence-electron chi connectivity index (χ1n) is 8.21. The van der Waals surface area contributed by atoms with Crippen LogP contribution in [0.2, 0.25) is 0 Å². The highest BCUT2D eigenvalue weighted by atomic mass is 35.5. The fourth-order valence-corrected chi connectivity index (χ4v) is 2.37. The number of rotatable bonds is 6. The SMILES string of the molecule is CC(C)C(N)CCN(C)C(=O)c1cn(-c2ccccc2C(F)(F)F)nn1.Cl. The quantitative estimate of drug-likeness (QED) is 0.800. The van der Waals surface area contributed by atoms with Crippen molar-refractivity contribution in [3.05, 3.63) is 41.7 Å². The zero-order valence-corrected chi connectivity index (χ0v) is 16.1. The molecule has 0 aliphatic rings. The maximum atomic E-state index is 13.1. The Balaban J connectivity index is 0.00000364. The summed E-state index contributed by atoms with van der Waals surface area (Å²) in [6.45, 7) is 4.41. The molecule has 1 unspecified atom stereocenters. The summed E-state index contributed by atoms with van der Waals surface area (Å²) in [6.07, 6.45) is -2.72. The molecule has 1 aromatic heterocycles. The summed E-state index contributed by atoms with van der Waals surface area (Å²) in [5.41, 5.74) is 4.91. The molecule has 0 saturated heterocycles. The van der Waals surface area contributed by atoms with Crippen molar-refractivity contribution in [3.8, 4) is 5.69 Å². The van der Waals surface area contributed by atoms with Gasteiger partial charge in [-0.15, -0.1) is 17.5 Å². The number of carbonyl (C=O) groups excluding carboxylic acids is 1. The number of para-hydroxylation sites is 1. The van der Waals surface area contributed by atoms with Crippen LogP contribution < -0.4 is 5.73 Å². The third-order valence-corrected chi connectivity index (χ3v) is 4.17. The van der Waals surface area contributed by atoms with Gasteiger partial charge in [0.25, 0.3) is 5.91 Å². The Morgan fingerprint density at radius 2 is 1.93 bits per heavy atom. The number of hydrogen-bond donors (Lipinski definition) is 1. The fourth-order valence-electron chi connectivity index (χ4n) is 2.37. The van der Waals surface area contributed by atoms with Crippen LogP contribution in [0.4, 0.5) is 13.2 Å². The number of amides is 1. The van der Waals surface area contributed by atoms with Crippen molar-refractivity contribution in [1.82, 2.24) is 19.9 Å². The number of alkyl halides is 3. The van der Waals surface area contributed by atoms with E-state index in [1.165, 1.54) is 29.3 Å². The molecule has 1 heterocycles. The molecule has 10 heteroatoms. The smallest absolute Gasteiger partial charge is 0.340 e. The van der Waals surface area contributed by atoms with Gasteiger partial charge in [-0.2, -0.15) is 13.2 Å². The molecule has 0 fully saturated rings. The van der Waals surface area contributed by atoms with Crippen molar-refractivity contribution in [2.24, 2.45) is 11.7 Å². The Morgan fingerprint density at radius 1 is 1.30 bits per heavy atom. The third-order valence-electron chi connectivity index (χ3n) is 4.17. The lowest BCUT2D eigenvalue weighted by Gasteiger charge is -2.20. The summed E-state index contributed by atoms with van der Waals surface area (Å²) >= 11 is 0. The minimum atomic E-state index is -4.53. The maximum absolute atomic E-state index is 13.1. The van der Waals surface area contributed by atoms with Gasteiger partial charge in [-0.25, -0.2) is 4.68 Å². The highest BCUT2D eigenvalue weighted by molar-refractivity contribution is 5.91. The van der Waals surface area contributed by atoms with Crippen LogP contribution in [0.25, 0.3) is 5.69 Å². The maximum Gasteiger partial charge on any atom is 0.418 e. The molecule has 1 aromatic carbocycles. The van der Waals surface area contributed by atoms with Crippen LogP contribution >= 0.6 is 12.4 Å². The van der Waals surface area contributed by atoms with Crippen LogP contribution in [0.5, 0.6) is 0 Å². The van der Waals surface area contributed by atoms with Gasteiger partial charge in [0.1, 0.15) is 0 Å². The lowest BCUT2D eigenvalue weighted by Crippen LogP contribution is -2.34. The molecule has 1 amide bonds. The van der Waals surface area contributed by atoms with Crippen molar-refractivity contribution in [2.45, 2.75) is 32.5 Å². The van der Waals surface area contributed by atoms with E-state index >= 15 is 0 Å². The zero-order valence-electron chi connectivity index (χ0n) is 15.3.